The first-order valence-electron chi connectivity index (χ1n) is 4.87. The second-order valence-electron chi connectivity index (χ2n) is 3.46. The van der Waals surface area contributed by atoms with E-state index in [1.54, 1.807) is 12.1 Å². The minimum atomic E-state index is -0.433. The van der Waals surface area contributed by atoms with Crippen molar-refractivity contribution in [3.8, 4) is 0 Å². The number of alkyl halides is 1. The van der Waals surface area contributed by atoms with Gasteiger partial charge in [0.15, 0.2) is 5.16 Å². The van der Waals surface area contributed by atoms with Gasteiger partial charge in [0.25, 0.3) is 5.56 Å². The van der Waals surface area contributed by atoms with E-state index < -0.39 is 5.56 Å². The number of halogens is 3. The number of carbonyl (C=O) groups excluding carboxylic acids is 1. The highest BCUT2D eigenvalue weighted by molar-refractivity contribution is 9.11. The number of fused-ring (bicyclic) bond motifs is 1. The van der Waals surface area contributed by atoms with E-state index in [0.717, 1.165) is 20.9 Å². The first-order chi connectivity index (χ1) is 8.93. The van der Waals surface area contributed by atoms with Gasteiger partial charge in [-0.05, 0) is 39.8 Å². The van der Waals surface area contributed by atoms with Crippen molar-refractivity contribution in [3.63, 3.8) is 0 Å². The average molecular weight is 428 g/mol. The Labute approximate surface area is 133 Å². The molecule has 0 bridgehead atoms. The normalized spacial score (nSPS) is 10.9. The highest BCUT2D eigenvalue weighted by atomic mass is 79.9. The second-order valence-corrected chi connectivity index (χ2v) is 6.52. The van der Waals surface area contributed by atoms with Crippen molar-refractivity contribution < 1.29 is 4.79 Å². The molecule has 0 atom stereocenters. The third kappa shape index (κ3) is 2.96. The number of hydrogen-bond donors (Lipinski definition) is 1. The maximum absolute atomic E-state index is 12.1. The van der Waals surface area contributed by atoms with Crippen LogP contribution in [0.3, 0.4) is 0 Å². The van der Waals surface area contributed by atoms with Gasteiger partial charge in [-0.25, -0.2) is 9.66 Å². The van der Waals surface area contributed by atoms with Crippen LogP contribution in [-0.2, 0) is 4.79 Å². The van der Waals surface area contributed by atoms with E-state index in [1.165, 1.54) is 0 Å². The van der Waals surface area contributed by atoms with Crippen LogP contribution in [0.15, 0.2) is 31.0 Å². The zero-order valence-electron chi connectivity index (χ0n) is 9.19. The number of carbonyl (C=O) groups is 1. The van der Waals surface area contributed by atoms with Gasteiger partial charge in [-0.1, -0.05) is 15.9 Å². The number of thioether (sulfide) groups is 1. The zero-order chi connectivity index (χ0) is 14.2. The van der Waals surface area contributed by atoms with Crippen LogP contribution in [0, 0.1) is 0 Å². The van der Waals surface area contributed by atoms with Crippen LogP contribution in [0.5, 0.6) is 0 Å². The highest BCUT2D eigenvalue weighted by Crippen LogP contribution is 2.27. The third-order valence-corrected chi connectivity index (χ3v) is 4.51. The number of nitrogen functional groups attached to an aromatic ring is 1. The molecule has 9 heteroatoms. The Bertz CT molecular complexity index is 735. The molecule has 1 aromatic carbocycles. The molecule has 5 nitrogen and oxygen atoms in total. The summed E-state index contributed by atoms with van der Waals surface area (Å²) in [5.74, 6) is 5.47. The Morgan fingerprint density at radius 2 is 2.16 bits per heavy atom. The predicted molar refractivity (Wildman–Crippen MR) is 83.1 cm³/mol. The summed E-state index contributed by atoms with van der Waals surface area (Å²) in [7, 11) is 0. The molecule has 19 heavy (non-hydrogen) atoms. The lowest BCUT2D eigenvalue weighted by atomic mass is 10.2. The fourth-order valence-electron chi connectivity index (χ4n) is 1.41. The van der Waals surface area contributed by atoms with E-state index in [4.69, 9.17) is 17.4 Å². The van der Waals surface area contributed by atoms with Gasteiger partial charge in [-0.15, -0.1) is 11.6 Å². The summed E-state index contributed by atoms with van der Waals surface area (Å²) in [6.45, 7) is 0. The predicted octanol–water partition coefficient (Wildman–Crippen LogP) is 2.49. The molecular formula is C10H6Br2ClN3O2S. The molecule has 2 N–H and O–H groups in total. The van der Waals surface area contributed by atoms with Gasteiger partial charge in [0.1, 0.15) is 0 Å². The Morgan fingerprint density at radius 1 is 1.47 bits per heavy atom. The van der Waals surface area contributed by atoms with Crippen LogP contribution in [0.1, 0.15) is 0 Å². The van der Waals surface area contributed by atoms with Crippen LogP contribution >= 0.6 is 55.2 Å². The number of nitrogens with zero attached hydrogens (tertiary/aromatic N) is 2. The summed E-state index contributed by atoms with van der Waals surface area (Å²) >= 11 is 12.8. The van der Waals surface area contributed by atoms with E-state index in [9.17, 15) is 9.59 Å². The lowest BCUT2D eigenvalue weighted by Gasteiger charge is -2.08. The van der Waals surface area contributed by atoms with Gasteiger partial charge in [-0.2, -0.15) is 0 Å². The molecule has 2 rings (SSSR count). The fraction of sp³-hybridized carbons (Fsp3) is 0.100. The van der Waals surface area contributed by atoms with Crippen LogP contribution in [-0.4, -0.2) is 20.7 Å². The van der Waals surface area contributed by atoms with E-state index in [-0.39, 0.29) is 16.2 Å². The smallest absolute Gasteiger partial charge is 0.280 e. The first-order valence-corrected chi connectivity index (χ1v) is 7.81. The van der Waals surface area contributed by atoms with Crippen LogP contribution in [0.4, 0.5) is 0 Å². The molecule has 0 radical (unpaired) electrons. The van der Waals surface area contributed by atoms with Gasteiger partial charge in [-0.3, -0.25) is 9.59 Å². The summed E-state index contributed by atoms with van der Waals surface area (Å²) in [5.41, 5.74) is 0.0108. The van der Waals surface area contributed by atoms with E-state index in [2.05, 4.69) is 36.8 Å². The van der Waals surface area contributed by atoms with E-state index in [1.807, 2.05) is 0 Å². The zero-order valence-corrected chi connectivity index (χ0v) is 13.9. The molecule has 1 aromatic heterocycles. The molecule has 2 aromatic rings. The van der Waals surface area contributed by atoms with E-state index >= 15 is 0 Å². The highest BCUT2D eigenvalue weighted by Gasteiger charge is 2.15. The third-order valence-electron chi connectivity index (χ3n) is 2.21. The second kappa shape index (κ2) is 5.82. The SMILES string of the molecule is Nn1c(SC(=O)CCl)nc2c(Br)cc(Br)cc2c1=O. The average Bonchev–Trinajstić information content (AvgIpc) is 2.36. The molecule has 0 saturated carbocycles. The van der Waals surface area contributed by atoms with Crippen molar-refractivity contribution in [3.05, 3.63) is 31.4 Å². The molecule has 0 unspecified atom stereocenters. The van der Waals surface area contributed by atoms with Crippen molar-refractivity contribution in [2.45, 2.75) is 5.16 Å². The molecule has 0 amide bonds. The Morgan fingerprint density at radius 3 is 2.79 bits per heavy atom. The number of nitrogens with two attached hydrogens (primary N) is 1. The number of benzene rings is 1. The summed E-state index contributed by atoms with van der Waals surface area (Å²) in [4.78, 5) is 27.7. The van der Waals surface area contributed by atoms with Crippen molar-refractivity contribution in [1.29, 1.82) is 0 Å². The Hall–Kier alpha value is -0.570. The number of rotatable bonds is 2. The van der Waals surface area contributed by atoms with E-state index in [0.29, 0.717) is 15.4 Å². The fourth-order valence-corrected chi connectivity index (χ4v) is 3.46. The van der Waals surface area contributed by atoms with Crippen LogP contribution in [0.2, 0.25) is 0 Å². The molecule has 100 valence electrons. The largest absolute Gasteiger partial charge is 0.334 e. The molecule has 0 aliphatic carbocycles. The minimum Gasteiger partial charge on any atom is -0.334 e. The van der Waals surface area contributed by atoms with Gasteiger partial charge >= 0.3 is 0 Å². The van der Waals surface area contributed by atoms with Gasteiger partial charge in [0.05, 0.1) is 16.8 Å². The van der Waals surface area contributed by atoms with Crippen molar-refractivity contribution in [1.82, 2.24) is 9.66 Å². The summed E-state index contributed by atoms with van der Waals surface area (Å²) in [6.07, 6.45) is 0. The molecule has 0 saturated heterocycles. The standard InChI is InChI=1S/C10H6Br2ClN3O2S/c11-4-1-5-8(6(12)2-4)15-10(16(14)9(5)18)19-7(17)3-13/h1-2H,3,14H2. The number of aromatic nitrogens is 2. The van der Waals surface area contributed by atoms with Crippen LogP contribution < -0.4 is 11.4 Å². The molecule has 0 spiro atoms. The summed E-state index contributed by atoms with van der Waals surface area (Å²) in [6, 6.07) is 3.38. The van der Waals surface area contributed by atoms with Crippen LogP contribution in [0.25, 0.3) is 10.9 Å². The maximum atomic E-state index is 12.1. The van der Waals surface area contributed by atoms with Gasteiger partial charge < -0.3 is 5.84 Å². The molecule has 1 heterocycles. The monoisotopic (exact) mass is 425 g/mol. The van der Waals surface area contributed by atoms with Crippen molar-refractivity contribution in [2.24, 2.45) is 0 Å². The molecular weight excluding hydrogens is 421 g/mol. The maximum Gasteiger partial charge on any atom is 0.280 e. The molecule has 0 fully saturated rings. The number of hydrogen-bond acceptors (Lipinski definition) is 5. The Balaban J connectivity index is 2.73. The first kappa shape index (κ1) is 14.8. The van der Waals surface area contributed by atoms with Crippen molar-refractivity contribution >= 4 is 71.2 Å². The van der Waals surface area contributed by atoms with Gasteiger partial charge in [0, 0.05) is 8.95 Å². The quantitative estimate of drug-likeness (QED) is 0.345. The minimum absolute atomic E-state index is 0.103. The molecule has 0 aliphatic rings. The lowest BCUT2D eigenvalue weighted by Crippen LogP contribution is -2.30. The molecule has 0 aliphatic heterocycles. The summed E-state index contributed by atoms with van der Waals surface area (Å²) in [5, 5.41) is 0.123. The van der Waals surface area contributed by atoms with Crippen molar-refractivity contribution in [2.75, 3.05) is 11.7 Å². The topological polar surface area (TPSA) is 78.0 Å². The lowest BCUT2D eigenvalue weighted by molar-refractivity contribution is -0.108. The summed E-state index contributed by atoms with van der Waals surface area (Å²) < 4.78 is 2.20. The Kier molecular flexibility index (Phi) is 4.54. The van der Waals surface area contributed by atoms with Gasteiger partial charge in [0.2, 0.25) is 5.12 Å².